The highest BCUT2D eigenvalue weighted by atomic mass is 32.2. The van der Waals surface area contributed by atoms with Gasteiger partial charge in [0.15, 0.2) is 0 Å². The highest BCUT2D eigenvalue weighted by Crippen LogP contribution is 2.15. The van der Waals surface area contributed by atoms with E-state index in [1.807, 2.05) is 17.8 Å². The number of nitrogens with two attached hydrogens (primary N) is 1. The molecule has 84 valence electrons. The molecule has 0 bridgehead atoms. The van der Waals surface area contributed by atoms with Crippen LogP contribution in [0.15, 0.2) is 30.3 Å². The molecule has 1 nitrogen and oxygen atoms in total. The summed E-state index contributed by atoms with van der Waals surface area (Å²) in [5.74, 6) is 1.06. The third-order valence-corrected chi connectivity index (χ3v) is 4.03. The lowest BCUT2D eigenvalue weighted by Crippen LogP contribution is -2.26. The second-order valence-corrected chi connectivity index (χ2v) is 5.47. The van der Waals surface area contributed by atoms with Gasteiger partial charge < -0.3 is 5.73 Å². The Balaban J connectivity index is 2.27. The van der Waals surface area contributed by atoms with E-state index >= 15 is 0 Å². The molecule has 2 unspecified atom stereocenters. The van der Waals surface area contributed by atoms with E-state index in [2.05, 4.69) is 38.1 Å². The van der Waals surface area contributed by atoms with Crippen molar-refractivity contribution in [3.63, 3.8) is 0 Å². The predicted molar refractivity (Wildman–Crippen MR) is 70.3 cm³/mol. The molecule has 0 aliphatic rings. The van der Waals surface area contributed by atoms with E-state index in [1.165, 1.54) is 12.0 Å². The molecule has 0 spiro atoms. The maximum Gasteiger partial charge on any atom is 0.0171 e. The first-order valence-corrected chi connectivity index (χ1v) is 6.68. The van der Waals surface area contributed by atoms with Crippen LogP contribution < -0.4 is 5.73 Å². The van der Waals surface area contributed by atoms with Crippen molar-refractivity contribution in [1.82, 2.24) is 0 Å². The maximum atomic E-state index is 6.09. The Morgan fingerprint density at radius 1 is 1.27 bits per heavy atom. The normalized spacial score (nSPS) is 14.9. The molecule has 0 amide bonds. The zero-order chi connectivity index (χ0) is 11.1. The fourth-order valence-electron chi connectivity index (χ4n) is 1.38. The van der Waals surface area contributed by atoms with E-state index in [0.29, 0.717) is 0 Å². The van der Waals surface area contributed by atoms with Crippen LogP contribution in [-0.4, -0.2) is 17.0 Å². The van der Waals surface area contributed by atoms with E-state index in [1.54, 1.807) is 0 Å². The molecule has 0 heterocycles. The third-order valence-electron chi connectivity index (χ3n) is 2.51. The molecule has 1 aromatic rings. The monoisotopic (exact) mass is 223 g/mol. The number of benzene rings is 1. The van der Waals surface area contributed by atoms with Crippen molar-refractivity contribution >= 4 is 11.8 Å². The lowest BCUT2D eigenvalue weighted by Gasteiger charge is -2.14. The van der Waals surface area contributed by atoms with Gasteiger partial charge in [-0.25, -0.2) is 0 Å². The summed E-state index contributed by atoms with van der Waals surface area (Å²) in [5.41, 5.74) is 7.43. The SMILES string of the molecule is CCC(C)SCC(N)Cc1ccccc1. The van der Waals surface area contributed by atoms with Gasteiger partial charge in [-0.15, -0.1) is 0 Å². The van der Waals surface area contributed by atoms with Crippen LogP contribution in [-0.2, 0) is 6.42 Å². The minimum Gasteiger partial charge on any atom is -0.327 e. The third kappa shape index (κ3) is 5.24. The van der Waals surface area contributed by atoms with Crippen molar-refractivity contribution in [2.24, 2.45) is 5.73 Å². The van der Waals surface area contributed by atoms with Crippen molar-refractivity contribution in [1.29, 1.82) is 0 Å². The topological polar surface area (TPSA) is 26.0 Å². The molecule has 0 saturated carbocycles. The van der Waals surface area contributed by atoms with E-state index in [9.17, 15) is 0 Å². The molecule has 2 heteroatoms. The van der Waals surface area contributed by atoms with Gasteiger partial charge in [0.05, 0.1) is 0 Å². The van der Waals surface area contributed by atoms with Crippen LogP contribution in [0.4, 0.5) is 0 Å². The molecule has 15 heavy (non-hydrogen) atoms. The second-order valence-electron chi connectivity index (χ2n) is 4.00. The molecule has 2 atom stereocenters. The number of thioether (sulfide) groups is 1. The van der Waals surface area contributed by atoms with Gasteiger partial charge in [0.25, 0.3) is 0 Å². The summed E-state index contributed by atoms with van der Waals surface area (Å²) in [6.45, 7) is 4.49. The van der Waals surface area contributed by atoms with Crippen LogP contribution in [0.1, 0.15) is 25.8 Å². The van der Waals surface area contributed by atoms with Gasteiger partial charge in [0, 0.05) is 17.0 Å². The van der Waals surface area contributed by atoms with E-state index in [4.69, 9.17) is 5.73 Å². The van der Waals surface area contributed by atoms with Crippen LogP contribution in [0.25, 0.3) is 0 Å². The quantitative estimate of drug-likeness (QED) is 0.802. The van der Waals surface area contributed by atoms with Crippen LogP contribution in [0, 0.1) is 0 Å². The Labute approximate surface area is 97.4 Å². The van der Waals surface area contributed by atoms with Gasteiger partial charge in [-0.3, -0.25) is 0 Å². The van der Waals surface area contributed by atoms with Gasteiger partial charge in [0.1, 0.15) is 0 Å². The molecular formula is C13H21NS. The minimum atomic E-state index is 0.284. The lowest BCUT2D eigenvalue weighted by molar-refractivity contribution is 0.745. The van der Waals surface area contributed by atoms with Crippen molar-refractivity contribution < 1.29 is 0 Å². The summed E-state index contributed by atoms with van der Waals surface area (Å²) in [6.07, 6.45) is 2.22. The molecule has 1 aromatic carbocycles. The smallest absolute Gasteiger partial charge is 0.0171 e. The summed E-state index contributed by atoms with van der Waals surface area (Å²) in [4.78, 5) is 0. The predicted octanol–water partition coefficient (Wildman–Crippen LogP) is 3.09. The number of hydrogen-bond acceptors (Lipinski definition) is 2. The summed E-state index contributed by atoms with van der Waals surface area (Å²) in [7, 11) is 0. The summed E-state index contributed by atoms with van der Waals surface area (Å²) in [6, 6.07) is 10.8. The maximum absolute atomic E-state index is 6.09. The molecular weight excluding hydrogens is 202 g/mol. The lowest BCUT2D eigenvalue weighted by atomic mass is 10.1. The van der Waals surface area contributed by atoms with Crippen LogP contribution in [0.5, 0.6) is 0 Å². The van der Waals surface area contributed by atoms with Gasteiger partial charge in [-0.2, -0.15) is 11.8 Å². The Kier molecular flexibility index (Phi) is 5.81. The first-order chi connectivity index (χ1) is 7.22. The zero-order valence-electron chi connectivity index (χ0n) is 9.65. The fraction of sp³-hybridized carbons (Fsp3) is 0.538. The first kappa shape index (κ1) is 12.6. The van der Waals surface area contributed by atoms with Crippen molar-refractivity contribution in [2.75, 3.05) is 5.75 Å². The van der Waals surface area contributed by atoms with E-state index in [-0.39, 0.29) is 6.04 Å². The molecule has 0 radical (unpaired) electrons. The van der Waals surface area contributed by atoms with Crippen LogP contribution in [0.3, 0.4) is 0 Å². The highest BCUT2D eigenvalue weighted by Gasteiger charge is 2.06. The van der Waals surface area contributed by atoms with Crippen molar-refractivity contribution in [3.8, 4) is 0 Å². The first-order valence-electron chi connectivity index (χ1n) is 5.63. The number of rotatable bonds is 6. The Hall–Kier alpha value is -0.470. The van der Waals surface area contributed by atoms with E-state index < -0.39 is 0 Å². The summed E-state index contributed by atoms with van der Waals surface area (Å²) >= 11 is 1.98. The molecule has 0 saturated heterocycles. The fourth-order valence-corrected chi connectivity index (χ4v) is 2.31. The molecule has 2 N–H and O–H groups in total. The summed E-state index contributed by atoms with van der Waals surface area (Å²) in [5, 5.41) is 0.729. The average Bonchev–Trinajstić information content (AvgIpc) is 2.27. The molecule has 1 rings (SSSR count). The number of hydrogen-bond donors (Lipinski definition) is 1. The van der Waals surface area contributed by atoms with Gasteiger partial charge in [-0.1, -0.05) is 44.2 Å². The van der Waals surface area contributed by atoms with Gasteiger partial charge >= 0.3 is 0 Å². The Morgan fingerprint density at radius 3 is 2.53 bits per heavy atom. The summed E-state index contributed by atoms with van der Waals surface area (Å²) < 4.78 is 0. The van der Waals surface area contributed by atoms with Crippen LogP contribution >= 0.6 is 11.8 Å². The molecule has 0 aliphatic carbocycles. The zero-order valence-corrected chi connectivity index (χ0v) is 10.5. The molecule has 0 aliphatic heterocycles. The van der Waals surface area contributed by atoms with Crippen molar-refractivity contribution in [2.45, 2.75) is 38.0 Å². The molecule has 0 aromatic heterocycles. The Bertz CT molecular complexity index is 260. The Morgan fingerprint density at radius 2 is 1.93 bits per heavy atom. The van der Waals surface area contributed by atoms with Gasteiger partial charge in [-0.05, 0) is 18.4 Å². The van der Waals surface area contributed by atoms with Crippen molar-refractivity contribution in [3.05, 3.63) is 35.9 Å². The van der Waals surface area contributed by atoms with Gasteiger partial charge in [0.2, 0.25) is 0 Å². The minimum absolute atomic E-state index is 0.284. The second kappa shape index (κ2) is 6.91. The standard InChI is InChI=1S/C13H21NS/c1-3-11(2)15-10-13(14)9-12-7-5-4-6-8-12/h4-8,11,13H,3,9-10,14H2,1-2H3. The van der Waals surface area contributed by atoms with E-state index in [0.717, 1.165) is 17.4 Å². The average molecular weight is 223 g/mol. The highest BCUT2D eigenvalue weighted by molar-refractivity contribution is 7.99. The van der Waals surface area contributed by atoms with Crippen LogP contribution in [0.2, 0.25) is 0 Å². The molecule has 0 fully saturated rings. The largest absolute Gasteiger partial charge is 0.327 e.